The van der Waals surface area contributed by atoms with E-state index >= 15 is 0 Å². The molecule has 3 N–H and O–H groups in total. The second-order valence-corrected chi connectivity index (χ2v) is 8.09. The number of phenolic OH excluding ortho intramolecular Hbond substituents is 1. The van der Waals surface area contributed by atoms with Crippen LogP contribution in [0.1, 0.15) is 11.3 Å². The summed E-state index contributed by atoms with van der Waals surface area (Å²) in [5.74, 6) is -1.07. The molecule has 1 aromatic carbocycles. The van der Waals surface area contributed by atoms with Gasteiger partial charge in [0, 0.05) is 61.8 Å². The zero-order valence-electron chi connectivity index (χ0n) is 18.3. The van der Waals surface area contributed by atoms with Gasteiger partial charge in [-0.2, -0.15) is 10.1 Å². The third kappa shape index (κ3) is 4.21. The number of H-pyrrole nitrogens is 1. The van der Waals surface area contributed by atoms with Gasteiger partial charge in [-0.05, 0) is 19.1 Å². The summed E-state index contributed by atoms with van der Waals surface area (Å²) in [6, 6.07) is 7.23. The van der Waals surface area contributed by atoms with Crippen molar-refractivity contribution in [2.24, 2.45) is 0 Å². The minimum absolute atomic E-state index is 0.351. The lowest BCUT2D eigenvalue weighted by Crippen LogP contribution is -2.49. The Bertz CT molecular complexity index is 1340. The molecular formula is C22H22F2N8O2. The summed E-state index contributed by atoms with van der Waals surface area (Å²) in [6.45, 7) is 3.53. The van der Waals surface area contributed by atoms with Gasteiger partial charge in [-0.15, -0.1) is 5.10 Å². The summed E-state index contributed by atoms with van der Waals surface area (Å²) in [5.41, 5.74) is 1.35. The van der Waals surface area contributed by atoms with E-state index in [4.69, 9.17) is 0 Å². The number of hydrogen-bond acceptors (Lipinski definition) is 7. The minimum Gasteiger partial charge on any atom is -0.508 e. The molecule has 0 aliphatic carbocycles. The summed E-state index contributed by atoms with van der Waals surface area (Å²) in [6.07, 6.45) is 1.41. The topological polar surface area (TPSA) is 115 Å². The lowest BCUT2D eigenvalue weighted by molar-refractivity contribution is -0.130. The fraction of sp³-hybridized carbons (Fsp3) is 0.273. The molecule has 5 rings (SSSR count). The van der Waals surface area contributed by atoms with Crippen molar-refractivity contribution in [2.45, 2.75) is 13.3 Å². The fourth-order valence-corrected chi connectivity index (χ4v) is 3.93. The van der Waals surface area contributed by atoms with E-state index in [1.807, 2.05) is 36.2 Å². The number of aromatic amines is 1. The summed E-state index contributed by atoms with van der Waals surface area (Å²) >= 11 is 0. The number of anilines is 3. The Kier molecular flexibility index (Phi) is 5.48. The van der Waals surface area contributed by atoms with Gasteiger partial charge < -0.3 is 20.2 Å². The van der Waals surface area contributed by atoms with Gasteiger partial charge in [0.15, 0.2) is 11.6 Å². The Labute approximate surface area is 192 Å². The summed E-state index contributed by atoms with van der Waals surface area (Å²) in [5, 5.41) is 24.1. The van der Waals surface area contributed by atoms with Gasteiger partial charge in [0.1, 0.15) is 22.9 Å². The van der Waals surface area contributed by atoms with Crippen LogP contribution in [0.3, 0.4) is 0 Å². The highest BCUT2D eigenvalue weighted by Gasteiger charge is 2.25. The van der Waals surface area contributed by atoms with Crippen LogP contribution >= 0.6 is 0 Å². The number of fused-ring (bicyclic) bond motifs is 1. The van der Waals surface area contributed by atoms with Crippen molar-refractivity contribution in [1.82, 2.24) is 29.7 Å². The molecule has 10 nitrogen and oxygen atoms in total. The Morgan fingerprint density at radius 2 is 1.91 bits per heavy atom. The van der Waals surface area contributed by atoms with Gasteiger partial charge in [0.2, 0.25) is 11.9 Å². The van der Waals surface area contributed by atoms with Crippen LogP contribution in [0.5, 0.6) is 5.75 Å². The lowest BCUT2D eigenvalue weighted by Gasteiger charge is -2.35. The molecule has 1 fully saturated rings. The number of piperazine rings is 1. The summed E-state index contributed by atoms with van der Waals surface area (Å²) in [7, 11) is 0. The molecule has 3 aromatic heterocycles. The van der Waals surface area contributed by atoms with E-state index in [1.54, 1.807) is 9.42 Å². The number of phenols is 1. The molecule has 176 valence electrons. The predicted molar refractivity (Wildman–Crippen MR) is 120 cm³/mol. The molecule has 0 spiro atoms. The quantitative estimate of drug-likeness (QED) is 0.412. The second kappa shape index (κ2) is 8.61. The van der Waals surface area contributed by atoms with Crippen LogP contribution in [0, 0.1) is 18.6 Å². The Balaban J connectivity index is 1.29. The van der Waals surface area contributed by atoms with Gasteiger partial charge >= 0.3 is 0 Å². The molecule has 1 saturated heterocycles. The Morgan fingerprint density at radius 3 is 2.59 bits per heavy atom. The molecule has 0 bridgehead atoms. The van der Waals surface area contributed by atoms with E-state index in [-0.39, 0.29) is 11.5 Å². The third-order valence-corrected chi connectivity index (χ3v) is 5.70. The first-order chi connectivity index (χ1) is 16.4. The third-order valence-electron chi connectivity index (χ3n) is 5.70. The van der Waals surface area contributed by atoms with E-state index in [0.29, 0.717) is 43.8 Å². The van der Waals surface area contributed by atoms with Crippen LogP contribution in [-0.2, 0) is 11.2 Å². The number of aromatic hydroxyl groups is 1. The number of halogens is 2. The monoisotopic (exact) mass is 468 g/mol. The lowest BCUT2D eigenvalue weighted by atomic mass is 10.1. The number of hydrogen-bond donors (Lipinski definition) is 3. The summed E-state index contributed by atoms with van der Waals surface area (Å²) in [4.78, 5) is 20.8. The molecule has 0 saturated carbocycles. The van der Waals surface area contributed by atoms with Crippen molar-refractivity contribution >= 4 is 29.0 Å². The SMILES string of the molecule is Cc1cc(Nc2nc(N3CCN(C(=O)Cc4c(F)cc(O)cc4F)CC3)nn3cccc23)n[nH]1. The average molecular weight is 468 g/mol. The van der Waals surface area contributed by atoms with Crippen molar-refractivity contribution in [1.29, 1.82) is 0 Å². The van der Waals surface area contributed by atoms with Gasteiger partial charge in [-0.1, -0.05) is 0 Å². The van der Waals surface area contributed by atoms with E-state index in [9.17, 15) is 18.7 Å². The molecule has 12 heteroatoms. The number of benzene rings is 1. The number of nitrogens with one attached hydrogen (secondary N) is 2. The van der Waals surface area contributed by atoms with Crippen LogP contribution in [0.4, 0.5) is 26.4 Å². The smallest absolute Gasteiger partial charge is 0.245 e. The van der Waals surface area contributed by atoms with Crippen molar-refractivity contribution in [3.8, 4) is 5.75 Å². The highest BCUT2D eigenvalue weighted by molar-refractivity contribution is 5.79. The number of carbonyl (C=O) groups is 1. The number of nitrogens with zero attached hydrogens (tertiary/aromatic N) is 6. The van der Waals surface area contributed by atoms with Gasteiger partial charge in [0.25, 0.3) is 0 Å². The normalized spacial score (nSPS) is 14.1. The zero-order valence-corrected chi connectivity index (χ0v) is 18.3. The molecule has 4 heterocycles. The molecule has 4 aromatic rings. The molecule has 1 aliphatic rings. The maximum atomic E-state index is 14.0. The van der Waals surface area contributed by atoms with E-state index < -0.39 is 23.8 Å². The number of aryl methyl sites for hydroxylation is 1. The van der Waals surface area contributed by atoms with Gasteiger partial charge in [0.05, 0.1) is 6.42 Å². The molecule has 34 heavy (non-hydrogen) atoms. The fourth-order valence-electron chi connectivity index (χ4n) is 3.93. The van der Waals surface area contributed by atoms with Crippen molar-refractivity contribution in [3.63, 3.8) is 0 Å². The molecule has 1 amide bonds. The first kappa shape index (κ1) is 21.6. The highest BCUT2D eigenvalue weighted by Crippen LogP contribution is 2.24. The molecule has 0 atom stereocenters. The van der Waals surface area contributed by atoms with Crippen LogP contribution in [-0.4, -0.2) is 66.9 Å². The van der Waals surface area contributed by atoms with E-state index in [1.165, 1.54) is 0 Å². The number of aromatic nitrogens is 5. The number of rotatable bonds is 5. The van der Waals surface area contributed by atoms with Crippen LogP contribution in [0.25, 0.3) is 5.52 Å². The Hall–Kier alpha value is -4.22. The maximum absolute atomic E-state index is 14.0. The molecular weight excluding hydrogens is 446 g/mol. The molecule has 1 aliphatic heterocycles. The number of amides is 1. The average Bonchev–Trinajstić information content (AvgIpc) is 3.45. The largest absolute Gasteiger partial charge is 0.508 e. The van der Waals surface area contributed by atoms with Gasteiger partial charge in [-0.25, -0.2) is 13.3 Å². The van der Waals surface area contributed by atoms with Gasteiger partial charge in [-0.3, -0.25) is 9.89 Å². The first-order valence-electron chi connectivity index (χ1n) is 10.7. The van der Waals surface area contributed by atoms with Crippen molar-refractivity contribution < 1.29 is 18.7 Å². The van der Waals surface area contributed by atoms with Crippen LogP contribution < -0.4 is 10.2 Å². The zero-order chi connectivity index (χ0) is 23.8. The van der Waals surface area contributed by atoms with Crippen LogP contribution in [0.2, 0.25) is 0 Å². The first-order valence-corrected chi connectivity index (χ1v) is 10.7. The Morgan fingerprint density at radius 1 is 1.18 bits per heavy atom. The predicted octanol–water partition coefficient (Wildman–Crippen LogP) is 2.38. The van der Waals surface area contributed by atoms with Crippen molar-refractivity contribution in [2.75, 3.05) is 36.4 Å². The molecule has 0 radical (unpaired) electrons. The highest BCUT2D eigenvalue weighted by atomic mass is 19.1. The maximum Gasteiger partial charge on any atom is 0.245 e. The molecule has 0 unspecified atom stereocenters. The van der Waals surface area contributed by atoms with Crippen LogP contribution in [0.15, 0.2) is 36.5 Å². The minimum atomic E-state index is -0.940. The van der Waals surface area contributed by atoms with Crippen molar-refractivity contribution in [3.05, 3.63) is 59.4 Å². The summed E-state index contributed by atoms with van der Waals surface area (Å²) < 4.78 is 29.7. The van der Waals surface area contributed by atoms with E-state index in [0.717, 1.165) is 23.3 Å². The van der Waals surface area contributed by atoms with E-state index in [2.05, 4.69) is 25.6 Å². The second-order valence-electron chi connectivity index (χ2n) is 8.09. The standard InChI is InChI=1S/C22H22F2N8O2/c1-13-9-19(28-27-13)25-21-18-3-2-4-32(18)29-22(26-21)31-7-5-30(6-8-31)20(34)12-15-16(23)10-14(33)11-17(15)24/h2-4,9-11,33H,5-8,12H2,1H3,(H2,25,26,27,28,29). The number of carbonyl (C=O) groups excluding carboxylic acids is 1.